The fourth-order valence-corrected chi connectivity index (χ4v) is 3.89. The fraction of sp³-hybridized carbons (Fsp3) is 0.182. The fourth-order valence-electron chi connectivity index (χ4n) is 2.69. The Kier molecular flexibility index (Phi) is 6.37. The van der Waals surface area contributed by atoms with Crippen molar-refractivity contribution in [1.29, 1.82) is 0 Å². The molecule has 0 aliphatic rings. The summed E-state index contributed by atoms with van der Waals surface area (Å²) in [6.45, 7) is 4.06. The number of hydrogen-bond donors (Lipinski definition) is 0. The Bertz CT molecular complexity index is 1130. The molecule has 3 rings (SSSR count). The van der Waals surface area contributed by atoms with Gasteiger partial charge in [0.05, 0.1) is 17.2 Å². The minimum Gasteiger partial charge on any atom is -0.477 e. The van der Waals surface area contributed by atoms with E-state index in [2.05, 4.69) is 4.98 Å². The van der Waals surface area contributed by atoms with Crippen molar-refractivity contribution in [2.75, 3.05) is 18.0 Å². The average molecular weight is 426 g/mol. The highest BCUT2D eigenvalue weighted by molar-refractivity contribution is 7.92. The molecule has 0 bridgehead atoms. The van der Waals surface area contributed by atoms with Crippen LogP contribution in [0.1, 0.15) is 22.8 Å². The molecule has 0 spiro atoms. The molecule has 156 valence electrons. The summed E-state index contributed by atoms with van der Waals surface area (Å²) in [6.07, 6.45) is 1.53. The molecule has 1 aromatic heterocycles. The number of carbonyl (C=O) groups excluding carboxylic acids is 1. The Balaban J connectivity index is 1.76. The third-order valence-electron chi connectivity index (χ3n) is 4.36. The van der Waals surface area contributed by atoms with Crippen LogP contribution in [0.15, 0.2) is 71.8 Å². The molecule has 8 heteroatoms. The number of aryl methyl sites for hydroxylation is 1. The van der Waals surface area contributed by atoms with E-state index in [1.165, 1.54) is 29.7 Å². The summed E-state index contributed by atoms with van der Waals surface area (Å²) in [4.78, 5) is 16.7. The molecule has 0 unspecified atom stereocenters. The van der Waals surface area contributed by atoms with Gasteiger partial charge >= 0.3 is 5.97 Å². The Morgan fingerprint density at radius 2 is 1.70 bits per heavy atom. The second-order valence-electron chi connectivity index (χ2n) is 6.46. The van der Waals surface area contributed by atoms with Gasteiger partial charge in [-0.1, -0.05) is 17.7 Å². The zero-order valence-corrected chi connectivity index (χ0v) is 17.7. The molecular weight excluding hydrogens is 404 g/mol. The number of sulfonamides is 1. The second-order valence-corrected chi connectivity index (χ2v) is 8.43. The largest absolute Gasteiger partial charge is 0.477 e. The number of pyridine rings is 1. The number of benzene rings is 2. The number of carbonyl (C=O) groups is 1. The first-order chi connectivity index (χ1) is 14.3. The van der Waals surface area contributed by atoms with Crippen molar-refractivity contribution in [2.24, 2.45) is 0 Å². The molecule has 0 N–H and O–H groups in total. The Labute approximate surface area is 175 Å². The van der Waals surface area contributed by atoms with Gasteiger partial charge in [0.25, 0.3) is 10.0 Å². The summed E-state index contributed by atoms with van der Waals surface area (Å²) in [5.74, 6) is -0.137. The third-order valence-corrected chi connectivity index (χ3v) is 6.16. The highest BCUT2D eigenvalue weighted by atomic mass is 32.2. The van der Waals surface area contributed by atoms with Crippen molar-refractivity contribution >= 4 is 21.7 Å². The first kappa shape index (κ1) is 21.3. The Hall–Kier alpha value is -3.39. The summed E-state index contributed by atoms with van der Waals surface area (Å²) in [5, 5.41) is 0. The zero-order valence-electron chi connectivity index (χ0n) is 16.9. The van der Waals surface area contributed by atoms with Gasteiger partial charge in [-0.15, -0.1) is 0 Å². The number of nitrogens with zero attached hydrogens (tertiary/aromatic N) is 2. The summed E-state index contributed by atoms with van der Waals surface area (Å²) < 4.78 is 37.5. The molecule has 0 radical (unpaired) electrons. The first-order valence-corrected chi connectivity index (χ1v) is 10.7. The lowest BCUT2D eigenvalue weighted by atomic mass is 10.2. The maximum Gasteiger partial charge on any atom is 0.349 e. The SMILES string of the molecule is CCOc1ncccc1C(=O)Oc1ccc(N(C)S(=O)(=O)c2ccc(C)cc2)cc1. The van der Waals surface area contributed by atoms with E-state index < -0.39 is 16.0 Å². The summed E-state index contributed by atoms with van der Waals surface area (Å²) in [6, 6.07) is 16.0. The topological polar surface area (TPSA) is 85.8 Å². The van der Waals surface area contributed by atoms with E-state index in [0.29, 0.717) is 12.3 Å². The van der Waals surface area contributed by atoms with E-state index in [1.807, 2.05) is 6.92 Å². The van der Waals surface area contributed by atoms with Gasteiger partial charge in [-0.25, -0.2) is 18.2 Å². The molecule has 30 heavy (non-hydrogen) atoms. The van der Waals surface area contributed by atoms with Crippen molar-refractivity contribution in [3.8, 4) is 11.6 Å². The van der Waals surface area contributed by atoms with Crippen LogP contribution in [-0.4, -0.2) is 33.0 Å². The molecular formula is C22H22N2O5S. The van der Waals surface area contributed by atoms with Gasteiger partial charge in [0, 0.05) is 13.2 Å². The molecule has 0 saturated heterocycles. The van der Waals surface area contributed by atoms with Crippen LogP contribution in [0, 0.1) is 6.92 Å². The molecule has 0 amide bonds. The van der Waals surface area contributed by atoms with E-state index in [0.717, 1.165) is 5.56 Å². The lowest BCUT2D eigenvalue weighted by Gasteiger charge is -2.20. The van der Waals surface area contributed by atoms with Crippen molar-refractivity contribution in [3.05, 3.63) is 78.0 Å². The minimum absolute atomic E-state index is 0.200. The van der Waals surface area contributed by atoms with Gasteiger partial charge in [0.15, 0.2) is 0 Å². The lowest BCUT2D eigenvalue weighted by Crippen LogP contribution is -2.26. The van der Waals surface area contributed by atoms with E-state index in [-0.39, 0.29) is 22.1 Å². The number of ether oxygens (including phenoxy) is 2. The molecule has 0 saturated carbocycles. The lowest BCUT2D eigenvalue weighted by molar-refractivity contribution is 0.0729. The van der Waals surface area contributed by atoms with Crippen LogP contribution in [-0.2, 0) is 10.0 Å². The predicted molar refractivity (Wildman–Crippen MR) is 114 cm³/mol. The van der Waals surface area contributed by atoms with E-state index in [1.54, 1.807) is 55.5 Å². The number of esters is 1. The zero-order chi connectivity index (χ0) is 21.7. The van der Waals surface area contributed by atoms with Crippen molar-refractivity contribution < 1.29 is 22.7 Å². The Morgan fingerprint density at radius 3 is 2.33 bits per heavy atom. The van der Waals surface area contributed by atoms with Crippen LogP contribution < -0.4 is 13.8 Å². The standard InChI is InChI=1S/C22H22N2O5S/c1-4-28-21-20(6-5-15-23-21)22(25)29-18-11-9-17(10-12-18)24(3)30(26,27)19-13-7-16(2)8-14-19/h5-15H,4H2,1-3H3. The summed E-state index contributed by atoms with van der Waals surface area (Å²) in [5.41, 5.74) is 1.62. The normalized spacial score (nSPS) is 11.0. The van der Waals surface area contributed by atoms with Crippen molar-refractivity contribution in [3.63, 3.8) is 0 Å². The number of hydrogen-bond acceptors (Lipinski definition) is 6. The number of anilines is 1. The molecule has 0 aliphatic heterocycles. The van der Waals surface area contributed by atoms with Crippen LogP contribution in [0.4, 0.5) is 5.69 Å². The summed E-state index contributed by atoms with van der Waals surface area (Å²) >= 11 is 0. The van der Waals surface area contributed by atoms with Gasteiger partial charge < -0.3 is 9.47 Å². The van der Waals surface area contributed by atoms with E-state index in [4.69, 9.17) is 9.47 Å². The molecule has 7 nitrogen and oxygen atoms in total. The van der Waals surface area contributed by atoms with Gasteiger partial charge in [-0.05, 0) is 62.4 Å². The highest BCUT2D eigenvalue weighted by Crippen LogP contribution is 2.25. The minimum atomic E-state index is -3.70. The highest BCUT2D eigenvalue weighted by Gasteiger charge is 2.21. The van der Waals surface area contributed by atoms with Gasteiger partial charge in [-0.3, -0.25) is 4.31 Å². The molecule has 2 aromatic carbocycles. The number of aromatic nitrogens is 1. The van der Waals surface area contributed by atoms with E-state index >= 15 is 0 Å². The maximum absolute atomic E-state index is 12.8. The Morgan fingerprint density at radius 1 is 1.03 bits per heavy atom. The van der Waals surface area contributed by atoms with Crippen LogP contribution in [0.5, 0.6) is 11.6 Å². The maximum atomic E-state index is 12.8. The van der Waals surface area contributed by atoms with Gasteiger partial charge in [0.1, 0.15) is 11.3 Å². The third kappa shape index (κ3) is 4.60. The first-order valence-electron chi connectivity index (χ1n) is 9.28. The average Bonchev–Trinajstić information content (AvgIpc) is 2.74. The van der Waals surface area contributed by atoms with Gasteiger partial charge in [0.2, 0.25) is 5.88 Å². The van der Waals surface area contributed by atoms with Crippen molar-refractivity contribution in [2.45, 2.75) is 18.7 Å². The van der Waals surface area contributed by atoms with Crippen molar-refractivity contribution in [1.82, 2.24) is 4.98 Å². The molecule has 3 aromatic rings. The van der Waals surface area contributed by atoms with Crippen LogP contribution >= 0.6 is 0 Å². The van der Waals surface area contributed by atoms with Gasteiger partial charge in [-0.2, -0.15) is 0 Å². The molecule has 1 heterocycles. The summed E-state index contributed by atoms with van der Waals surface area (Å²) in [7, 11) is -2.23. The second kappa shape index (κ2) is 8.96. The van der Waals surface area contributed by atoms with Crippen LogP contribution in [0.2, 0.25) is 0 Å². The number of rotatable bonds is 7. The molecule has 0 fully saturated rings. The predicted octanol–water partition coefficient (Wildman–Crippen LogP) is 3.83. The van der Waals surface area contributed by atoms with Crippen LogP contribution in [0.25, 0.3) is 0 Å². The van der Waals surface area contributed by atoms with Crippen LogP contribution in [0.3, 0.4) is 0 Å². The quantitative estimate of drug-likeness (QED) is 0.422. The smallest absolute Gasteiger partial charge is 0.349 e. The molecule has 0 atom stereocenters. The monoisotopic (exact) mass is 426 g/mol. The van der Waals surface area contributed by atoms with E-state index in [9.17, 15) is 13.2 Å². The molecule has 0 aliphatic carbocycles.